The van der Waals surface area contributed by atoms with E-state index in [1.807, 2.05) is 0 Å². The van der Waals surface area contributed by atoms with Crippen LogP contribution in [0, 0.1) is 0 Å². The van der Waals surface area contributed by atoms with Gasteiger partial charge in [-0.15, -0.1) is 0 Å². The number of nitrogens with zero attached hydrogens (tertiary/aromatic N) is 1. The highest BCUT2D eigenvalue weighted by molar-refractivity contribution is 7.85. The highest BCUT2D eigenvalue weighted by Crippen LogP contribution is 2.36. The van der Waals surface area contributed by atoms with Gasteiger partial charge in [-0.3, -0.25) is 0 Å². The van der Waals surface area contributed by atoms with Gasteiger partial charge in [-0.05, 0) is 33.6 Å². The van der Waals surface area contributed by atoms with E-state index in [0.29, 0.717) is 12.8 Å². The molecule has 2 aliphatic rings. The Labute approximate surface area is 107 Å². The van der Waals surface area contributed by atoms with Crippen molar-refractivity contribution >= 4 is 16.4 Å². The smallest absolute Gasteiger partial charge is 0.426 e. The van der Waals surface area contributed by atoms with Crippen LogP contribution in [-0.2, 0) is 19.2 Å². The molecule has 0 spiro atoms. The third-order valence-electron chi connectivity index (χ3n) is 3.03. The fourth-order valence-corrected chi connectivity index (χ4v) is 3.78. The van der Waals surface area contributed by atoms with E-state index in [1.165, 1.54) is 0 Å². The molecule has 104 valence electrons. The summed E-state index contributed by atoms with van der Waals surface area (Å²) in [6, 6.07) is -0.404. The quantitative estimate of drug-likeness (QED) is 0.675. The molecule has 6 nitrogen and oxygen atoms in total. The molecule has 0 aromatic rings. The lowest BCUT2D eigenvalue weighted by Gasteiger charge is -2.28. The van der Waals surface area contributed by atoms with Crippen LogP contribution in [0.5, 0.6) is 0 Å². The van der Waals surface area contributed by atoms with Gasteiger partial charge in [-0.2, -0.15) is 12.7 Å². The number of rotatable bonds is 0. The number of hydrogen-bond donors (Lipinski definition) is 0. The summed E-state index contributed by atoms with van der Waals surface area (Å²) in [5.41, 5.74) is -0.723. The standard InChI is InChI=1S/C11H19NO5S/c1-11(2,3)16-10(13)12-8-6-4-5-7-9(8)17-18(12,14)15/h8-9H,4-7H2,1-3H3. The Morgan fingerprint density at radius 3 is 2.50 bits per heavy atom. The second kappa shape index (κ2) is 4.38. The zero-order valence-corrected chi connectivity index (χ0v) is 11.7. The first kappa shape index (κ1) is 13.6. The van der Waals surface area contributed by atoms with E-state index < -0.39 is 34.1 Å². The maximum Gasteiger partial charge on any atom is 0.426 e. The average Bonchev–Trinajstić information content (AvgIpc) is 2.44. The summed E-state index contributed by atoms with van der Waals surface area (Å²) in [6.45, 7) is 5.10. The highest BCUT2D eigenvalue weighted by atomic mass is 32.2. The summed E-state index contributed by atoms with van der Waals surface area (Å²) in [5, 5.41) is 0. The summed E-state index contributed by atoms with van der Waals surface area (Å²) < 4.78 is 34.6. The molecule has 1 amide bonds. The van der Waals surface area contributed by atoms with E-state index in [0.717, 1.165) is 17.1 Å². The number of ether oxygens (including phenoxy) is 1. The van der Waals surface area contributed by atoms with Crippen molar-refractivity contribution in [3.05, 3.63) is 0 Å². The first-order valence-corrected chi connectivity index (χ1v) is 7.53. The van der Waals surface area contributed by atoms with E-state index >= 15 is 0 Å². The number of hydrogen-bond acceptors (Lipinski definition) is 5. The maximum atomic E-state index is 12.0. The average molecular weight is 277 g/mol. The van der Waals surface area contributed by atoms with Crippen molar-refractivity contribution in [3.63, 3.8) is 0 Å². The molecule has 2 unspecified atom stereocenters. The molecule has 0 bridgehead atoms. The zero-order valence-electron chi connectivity index (χ0n) is 10.9. The van der Waals surface area contributed by atoms with E-state index in [2.05, 4.69) is 0 Å². The molecule has 1 aliphatic carbocycles. The van der Waals surface area contributed by atoms with Crippen molar-refractivity contribution in [1.82, 2.24) is 4.31 Å². The van der Waals surface area contributed by atoms with Gasteiger partial charge in [-0.25, -0.2) is 8.98 Å². The molecule has 2 rings (SSSR count). The van der Waals surface area contributed by atoms with Gasteiger partial charge in [0.1, 0.15) is 11.7 Å². The second-order valence-corrected chi connectivity index (χ2v) is 7.16. The van der Waals surface area contributed by atoms with Crippen LogP contribution in [0.15, 0.2) is 0 Å². The first-order valence-electron chi connectivity index (χ1n) is 6.16. The number of amides is 1. The van der Waals surface area contributed by atoms with Crippen LogP contribution < -0.4 is 0 Å². The minimum atomic E-state index is -3.98. The zero-order chi connectivity index (χ0) is 13.6. The molecule has 7 heteroatoms. The summed E-state index contributed by atoms with van der Waals surface area (Å²) in [5.74, 6) is 0. The third-order valence-corrected chi connectivity index (χ3v) is 4.42. The predicted octanol–water partition coefficient (Wildman–Crippen LogP) is 1.81. The van der Waals surface area contributed by atoms with Crippen LogP contribution >= 0.6 is 0 Å². The fourth-order valence-electron chi connectivity index (χ4n) is 2.36. The fraction of sp³-hybridized carbons (Fsp3) is 0.909. The lowest BCUT2D eigenvalue weighted by atomic mass is 9.93. The molecule has 0 aromatic carbocycles. The molecule has 1 saturated carbocycles. The van der Waals surface area contributed by atoms with Gasteiger partial charge in [0.15, 0.2) is 0 Å². The number of carbonyl (C=O) groups excluding carboxylic acids is 1. The largest absolute Gasteiger partial charge is 0.443 e. The van der Waals surface area contributed by atoms with Crippen molar-refractivity contribution in [2.75, 3.05) is 0 Å². The molecule has 2 atom stereocenters. The lowest BCUT2D eigenvalue weighted by molar-refractivity contribution is 0.0306. The normalized spacial score (nSPS) is 30.9. The van der Waals surface area contributed by atoms with E-state index in [-0.39, 0.29) is 0 Å². The van der Waals surface area contributed by atoms with Gasteiger partial charge in [0.25, 0.3) is 0 Å². The van der Waals surface area contributed by atoms with E-state index in [9.17, 15) is 13.2 Å². The molecule has 18 heavy (non-hydrogen) atoms. The van der Waals surface area contributed by atoms with Gasteiger partial charge < -0.3 is 4.74 Å². The number of carbonyl (C=O) groups is 1. The summed E-state index contributed by atoms with van der Waals surface area (Å²) >= 11 is 0. The molecular weight excluding hydrogens is 258 g/mol. The molecule has 1 saturated heterocycles. The molecular formula is C11H19NO5S. The Morgan fingerprint density at radius 1 is 1.28 bits per heavy atom. The maximum absolute atomic E-state index is 12.0. The molecule has 1 aliphatic heterocycles. The molecule has 2 fully saturated rings. The van der Waals surface area contributed by atoms with Crippen molar-refractivity contribution in [3.8, 4) is 0 Å². The van der Waals surface area contributed by atoms with Gasteiger partial charge in [-0.1, -0.05) is 12.8 Å². The Hall–Kier alpha value is -0.820. The molecule has 0 aromatic heterocycles. The van der Waals surface area contributed by atoms with Crippen molar-refractivity contribution in [1.29, 1.82) is 0 Å². The molecule has 0 N–H and O–H groups in total. The van der Waals surface area contributed by atoms with Crippen LogP contribution in [0.3, 0.4) is 0 Å². The van der Waals surface area contributed by atoms with Gasteiger partial charge in [0, 0.05) is 0 Å². The van der Waals surface area contributed by atoms with Crippen molar-refractivity contribution in [2.24, 2.45) is 0 Å². The lowest BCUT2D eigenvalue weighted by Crippen LogP contribution is -2.45. The SMILES string of the molecule is CC(C)(C)OC(=O)N1C2CCCCC2OS1(=O)=O. The Morgan fingerprint density at radius 2 is 1.89 bits per heavy atom. The van der Waals surface area contributed by atoms with Crippen molar-refractivity contribution in [2.45, 2.75) is 64.2 Å². The van der Waals surface area contributed by atoms with E-state index in [1.54, 1.807) is 20.8 Å². The first-order chi connectivity index (χ1) is 8.21. The summed E-state index contributed by atoms with van der Waals surface area (Å²) in [6.07, 6.45) is 1.90. The third kappa shape index (κ3) is 2.61. The molecule has 0 radical (unpaired) electrons. The second-order valence-electron chi connectivity index (χ2n) is 5.72. The van der Waals surface area contributed by atoms with Gasteiger partial charge >= 0.3 is 16.4 Å². The van der Waals surface area contributed by atoms with Crippen LogP contribution in [-0.4, -0.2) is 36.6 Å². The van der Waals surface area contributed by atoms with Crippen LogP contribution in [0.2, 0.25) is 0 Å². The van der Waals surface area contributed by atoms with Crippen LogP contribution in [0.1, 0.15) is 46.5 Å². The Balaban J connectivity index is 2.21. The summed E-state index contributed by atoms with van der Waals surface area (Å²) in [4.78, 5) is 12.0. The minimum absolute atomic E-state index is 0.404. The van der Waals surface area contributed by atoms with Crippen LogP contribution in [0.4, 0.5) is 4.79 Å². The predicted molar refractivity (Wildman–Crippen MR) is 64.1 cm³/mol. The topological polar surface area (TPSA) is 72.9 Å². The number of fused-ring (bicyclic) bond motifs is 1. The van der Waals surface area contributed by atoms with Crippen LogP contribution in [0.25, 0.3) is 0 Å². The highest BCUT2D eigenvalue weighted by Gasteiger charge is 2.51. The summed E-state index contributed by atoms with van der Waals surface area (Å²) in [7, 11) is -3.98. The van der Waals surface area contributed by atoms with Gasteiger partial charge in [0.05, 0.1) is 6.04 Å². The Kier molecular flexibility index (Phi) is 3.31. The van der Waals surface area contributed by atoms with E-state index in [4.69, 9.17) is 8.92 Å². The minimum Gasteiger partial charge on any atom is -0.443 e. The van der Waals surface area contributed by atoms with Crippen molar-refractivity contribution < 1.29 is 22.1 Å². The van der Waals surface area contributed by atoms with Gasteiger partial charge in [0.2, 0.25) is 0 Å². The Bertz CT molecular complexity index is 439. The monoisotopic (exact) mass is 277 g/mol. The molecule has 1 heterocycles.